The Balaban J connectivity index is 1.65. The molecule has 6 heteroatoms. The predicted molar refractivity (Wildman–Crippen MR) is 60.7 cm³/mol. The molecule has 16 heavy (non-hydrogen) atoms. The fourth-order valence-corrected chi connectivity index (χ4v) is 3.98. The van der Waals surface area contributed by atoms with Crippen LogP contribution in [-0.2, 0) is 14.6 Å². The van der Waals surface area contributed by atoms with Crippen molar-refractivity contribution < 1.29 is 13.2 Å². The lowest BCUT2D eigenvalue weighted by molar-refractivity contribution is -0.122. The number of carbonyl (C=O) groups excluding carboxylic acids is 1. The maximum Gasteiger partial charge on any atom is 0.220 e. The molecule has 92 valence electrons. The second-order valence-electron chi connectivity index (χ2n) is 4.80. The normalized spacial score (nSPS) is 28.6. The standard InChI is InChI=1S/C10H18N2O3S/c13-10(3-9-4-11-5-9)12-6-8-1-2-16(14,15)7-8/h8-9,11H,1-7H2,(H,12,13). The molecule has 0 saturated carbocycles. The third-order valence-electron chi connectivity index (χ3n) is 3.25. The molecular formula is C10H18N2O3S. The Morgan fingerprint density at radius 2 is 2.06 bits per heavy atom. The summed E-state index contributed by atoms with van der Waals surface area (Å²) in [6, 6.07) is 0. The molecule has 0 aromatic heterocycles. The smallest absolute Gasteiger partial charge is 0.220 e. The molecule has 0 bridgehead atoms. The van der Waals surface area contributed by atoms with Gasteiger partial charge in [-0.1, -0.05) is 0 Å². The van der Waals surface area contributed by atoms with Gasteiger partial charge in [-0.05, 0) is 31.3 Å². The lowest BCUT2D eigenvalue weighted by atomic mass is 9.99. The van der Waals surface area contributed by atoms with Gasteiger partial charge in [0.25, 0.3) is 0 Å². The first-order valence-electron chi connectivity index (χ1n) is 5.73. The number of carbonyl (C=O) groups is 1. The van der Waals surface area contributed by atoms with Crippen LogP contribution < -0.4 is 10.6 Å². The predicted octanol–water partition coefficient (Wildman–Crippen LogP) is -0.853. The van der Waals surface area contributed by atoms with E-state index in [4.69, 9.17) is 0 Å². The first-order valence-corrected chi connectivity index (χ1v) is 7.55. The second-order valence-corrected chi connectivity index (χ2v) is 7.03. The highest BCUT2D eigenvalue weighted by molar-refractivity contribution is 7.91. The quantitative estimate of drug-likeness (QED) is 0.677. The average Bonchev–Trinajstić information content (AvgIpc) is 2.49. The zero-order valence-electron chi connectivity index (χ0n) is 9.24. The number of rotatable bonds is 4. The Bertz CT molecular complexity index is 362. The Kier molecular flexibility index (Phi) is 3.49. The van der Waals surface area contributed by atoms with Gasteiger partial charge in [-0.25, -0.2) is 8.42 Å². The number of hydrogen-bond donors (Lipinski definition) is 2. The van der Waals surface area contributed by atoms with Crippen molar-refractivity contribution in [3.8, 4) is 0 Å². The van der Waals surface area contributed by atoms with E-state index in [1.54, 1.807) is 0 Å². The van der Waals surface area contributed by atoms with Crippen molar-refractivity contribution in [3.05, 3.63) is 0 Å². The van der Waals surface area contributed by atoms with Crippen LogP contribution in [0, 0.1) is 11.8 Å². The van der Waals surface area contributed by atoms with Crippen molar-refractivity contribution in [1.29, 1.82) is 0 Å². The van der Waals surface area contributed by atoms with E-state index in [9.17, 15) is 13.2 Å². The van der Waals surface area contributed by atoms with E-state index >= 15 is 0 Å². The van der Waals surface area contributed by atoms with Gasteiger partial charge in [-0.3, -0.25) is 4.79 Å². The molecule has 2 saturated heterocycles. The Hall–Kier alpha value is -0.620. The molecule has 2 aliphatic rings. The van der Waals surface area contributed by atoms with E-state index in [-0.39, 0.29) is 23.3 Å². The summed E-state index contributed by atoms with van der Waals surface area (Å²) < 4.78 is 22.4. The van der Waals surface area contributed by atoms with Gasteiger partial charge >= 0.3 is 0 Å². The van der Waals surface area contributed by atoms with E-state index in [1.165, 1.54) is 0 Å². The van der Waals surface area contributed by atoms with Gasteiger partial charge in [0.15, 0.2) is 9.84 Å². The maximum absolute atomic E-state index is 11.5. The van der Waals surface area contributed by atoms with Gasteiger partial charge in [0.2, 0.25) is 5.91 Å². The minimum atomic E-state index is -2.82. The first kappa shape index (κ1) is 11.9. The topological polar surface area (TPSA) is 75.3 Å². The second kappa shape index (κ2) is 4.71. The lowest BCUT2D eigenvalue weighted by Crippen LogP contribution is -2.45. The molecule has 0 aromatic rings. The van der Waals surface area contributed by atoms with E-state index < -0.39 is 9.84 Å². The highest BCUT2D eigenvalue weighted by Gasteiger charge is 2.28. The van der Waals surface area contributed by atoms with Crippen LogP contribution >= 0.6 is 0 Å². The van der Waals surface area contributed by atoms with Gasteiger partial charge in [-0.15, -0.1) is 0 Å². The number of amides is 1. The molecular weight excluding hydrogens is 228 g/mol. The van der Waals surface area contributed by atoms with E-state index in [1.807, 2.05) is 0 Å². The van der Waals surface area contributed by atoms with Gasteiger partial charge < -0.3 is 10.6 Å². The van der Waals surface area contributed by atoms with Crippen molar-refractivity contribution >= 4 is 15.7 Å². The molecule has 1 atom stereocenters. The minimum Gasteiger partial charge on any atom is -0.356 e. The largest absolute Gasteiger partial charge is 0.356 e. The molecule has 2 N–H and O–H groups in total. The summed E-state index contributed by atoms with van der Waals surface area (Å²) in [5.41, 5.74) is 0. The number of hydrogen-bond acceptors (Lipinski definition) is 4. The van der Waals surface area contributed by atoms with Crippen LogP contribution in [0.4, 0.5) is 0 Å². The average molecular weight is 246 g/mol. The summed E-state index contributed by atoms with van der Waals surface area (Å²) in [6.07, 6.45) is 1.25. The summed E-state index contributed by atoms with van der Waals surface area (Å²) >= 11 is 0. The van der Waals surface area contributed by atoms with Gasteiger partial charge in [0.05, 0.1) is 11.5 Å². The molecule has 2 rings (SSSR count). The van der Waals surface area contributed by atoms with Crippen molar-refractivity contribution in [2.45, 2.75) is 12.8 Å². The van der Waals surface area contributed by atoms with Crippen LogP contribution in [0.1, 0.15) is 12.8 Å². The van der Waals surface area contributed by atoms with Crippen molar-refractivity contribution in [1.82, 2.24) is 10.6 Å². The molecule has 1 unspecified atom stereocenters. The van der Waals surface area contributed by atoms with Gasteiger partial charge in [0.1, 0.15) is 0 Å². The SMILES string of the molecule is O=C(CC1CNC1)NCC1CCS(=O)(=O)C1. The van der Waals surface area contributed by atoms with Crippen LogP contribution in [0.3, 0.4) is 0 Å². The molecule has 1 amide bonds. The summed E-state index contributed by atoms with van der Waals surface area (Å²) in [5, 5.41) is 5.95. The first-order chi connectivity index (χ1) is 7.55. The van der Waals surface area contributed by atoms with Crippen LogP contribution in [0.2, 0.25) is 0 Å². The van der Waals surface area contributed by atoms with Crippen LogP contribution in [-0.4, -0.2) is 45.5 Å². The summed E-state index contributed by atoms with van der Waals surface area (Å²) in [4.78, 5) is 11.5. The van der Waals surface area contributed by atoms with Crippen molar-refractivity contribution in [2.75, 3.05) is 31.1 Å². The molecule has 0 aromatic carbocycles. The van der Waals surface area contributed by atoms with Crippen LogP contribution in [0.25, 0.3) is 0 Å². The van der Waals surface area contributed by atoms with Crippen LogP contribution in [0.5, 0.6) is 0 Å². The molecule has 2 aliphatic heterocycles. The monoisotopic (exact) mass is 246 g/mol. The van der Waals surface area contributed by atoms with Crippen molar-refractivity contribution in [3.63, 3.8) is 0 Å². The van der Waals surface area contributed by atoms with E-state index in [2.05, 4.69) is 10.6 Å². The summed E-state index contributed by atoms with van der Waals surface area (Å²) in [7, 11) is -2.82. The highest BCUT2D eigenvalue weighted by Crippen LogP contribution is 2.17. The maximum atomic E-state index is 11.5. The molecule has 0 radical (unpaired) electrons. The fourth-order valence-electron chi connectivity index (χ4n) is 2.12. The zero-order valence-corrected chi connectivity index (χ0v) is 10.1. The lowest BCUT2D eigenvalue weighted by Gasteiger charge is -2.26. The number of sulfone groups is 1. The third kappa shape index (κ3) is 3.18. The molecule has 2 heterocycles. The molecule has 2 fully saturated rings. The third-order valence-corrected chi connectivity index (χ3v) is 5.09. The molecule has 0 aliphatic carbocycles. The molecule has 0 spiro atoms. The summed E-state index contributed by atoms with van der Waals surface area (Å²) in [5.74, 6) is 1.15. The Morgan fingerprint density at radius 1 is 1.31 bits per heavy atom. The fraction of sp³-hybridized carbons (Fsp3) is 0.900. The van der Waals surface area contributed by atoms with Gasteiger partial charge in [-0.2, -0.15) is 0 Å². The van der Waals surface area contributed by atoms with Crippen LogP contribution in [0.15, 0.2) is 0 Å². The molecule has 5 nitrogen and oxygen atoms in total. The minimum absolute atomic E-state index is 0.0517. The Labute approximate surface area is 95.9 Å². The van der Waals surface area contributed by atoms with E-state index in [0.717, 1.165) is 13.1 Å². The zero-order chi connectivity index (χ0) is 11.6. The van der Waals surface area contributed by atoms with Crippen molar-refractivity contribution in [2.24, 2.45) is 11.8 Å². The Morgan fingerprint density at radius 3 is 2.56 bits per heavy atom. The van der Waals surface area contributed by atoms with Gasteiger partial charge in [0, 0.05) is 13.0 Å². The highest BCUT2D eigenvalue weighted by atomic mass is 32.2. The summed E-state index contributed by atoms with van der Waals surface area (Å²) in [6.45, 7) is 2.36. The number of nitrogens with one attached hydrogen (secondary N) is 2. The van der Waals surface area contributed by atoms with E-state index in [0.29, 0.717) is 25.3 Å².